The number of piperidine rings is 1. The van der Waals surface area contributed by atoms with Crippen molar-refractivity contribution in [3.05, 3.63) is 72.1 Å². The van der Waals surface area contributed by atoms with Crippen LogP contribution >= 0.6 is 0 Å². The first-order chi connectivity index (χ1) is 13.1. The van der Waals surface area contributed by atoms with E-state index in [0.717, 1.165) is 53.7 Å². The summed E-state index contributed by atoms with van der Waals surface area (Å²) < 4.78 is 13.3. The molecule has 138 valence electrons. The van der Waals surface area contributed by atoms with Gasteiger partial charge >= 0.3 is 0 Å². The molecule has 1 saturated heterocycles. The molecule has 1 aliphatic heterocycles. The molecule has 0 aliphatic carbocycles. The summed E-state index contributed by atoms with van der Waals surface area (Å²) >= 11 is 0. The van der Waals surface area contributed by atoms with Crippen molar-refractivity contribution in [2.75, 3.05) is 13.1 Å². The molecule has 1 N–H and O–H groups in total. The molecule has 2 heterocycles. The number of carbonyl (C=O) groups excluding carboxylic acids is 1. The molecule has 27 heavy (non-hydrogen) atoms. The highest BCUT2D eigenvalue weighted by Crippen LogP contribution is 2.31. The van der Waals surface area contributed by atoms with Crippen LogP contribution in [0.2, 0.25) is 0 Å². The standard InChI is InChI=1S/C23H23FN2O/c1-16-12-14-26(15-13-16)22(27)11-10-20-19-4-2-3-5-21(19)25-23(20)17-6-8-18(24)9-7-17/h2-9,25H,1,10-15H2. The predicted molar refractivity (Wildman–Crippen MR) is 107 cm³/mol. The van der Waals surface area contributed by atoms with Gasteiger partial charge < -0.3 is 9.88 Å². The number of carbonyl (C=O) groups is 1. The average molecular weight is 362 g/mol. The molecule has 1 aromatic heterocycles. The number of hydrogen-bond acceptors (Lipinski definition) is 1. The number of likely N-dealkylation sites (tertiary alicyclic amines) is 1. The summed E-state index contributed by atoms with van der Waals surface area (Å²) in [5.41, 5.74) is 5.29. The lowest BCUT2D eigenvalue weighted by Crippen LogP contribution is -2.36. The first-order valence-electron chi connectivity index (χ1n) is 9.42. The maximum absolute atomic E-state index is 13.3. The number of nitrogens with one attached hydrogen (secondary N) is 1. The molecule has 0 atom stereocenters. The predicted octanol–water partition coefficient (Wildman–Crippen LogP) is 5.09. The van der Waals surface area contributed by atoms with E-state index in [1.165, 1.54) is 17.7 Å². The third kappa shape index (κ3) is 3.65. The number of hydrogen-bond donors (Lipinski definition) is 1. The van der Waals surface area contributed by atoms with Crippen LogP contribution in [0.4, 0.5) is 4.39 Å². The molecular weight excluding hydrogens is 339 g/mol. The van der Waals surface area contributed by atoms with Gasteiger partial charge in [0.05, 0.1) is 0 Å². The fourth-order valence-electron chi connectivity index (χ4n) is 3.79. The molecule has 1 fully saturated rings. The number of H-pyrrole nitrogens is 1. The topological polar surface area (TPSA) is 36.1 Å². The van der Waals surface area contributed by atoms with Crippen molar-refractivity contribution in [1.29, 1.82) is 0 Å². The van der Waals surface area contributed by atoms with Gasteiger partial charge in [-0.2, -0.15) is 0 Å². The lowest BCUT2D eigenvalue weighted by Gasteiger charge is -2.28. The van der Waals surface area contributed by atoms with E-state index >= 15 is 0 Å². The maximum atomic E-state index is 13.3. The molecule has 0 saturated carbocycles. The number of aromatic nitrogens is 1. The van der Waals surface area contributed by atoms with E-state index in [1.807, 2.05) is 23.1 Å². The fraction of sp³-hybridized carbons (Fsp3) is 0.261. The maximum Gasteiger partial charge on any atom is 0.222 e. The van der Waals surface area contributed by atoms with Crippen LogP contribution in [-0.2, 0) is 11.2 Å². The lowest BCUT2D eigenvalue weighted by atomic mass is 10.00. The van der Waals surface area contributed by atoms with E-state index in [2.05, 4.69) is 17.6 Å². The van der Waals surface area contributed by atoms with E-state index in [0.29, 0.717) is 12.8 Å². The van der Waals surface area contributed by atoms with Crippen molar-refractivity contribution in [1.82, 2.24) is 9.88 Å². The molecule has 4 heteroatoms. The fourth-order valence-corrected chi connectivity index (χ4v) is 3.79. The molecule has 0 radical (unpaired) electrons. The summed E-state index contributed by atoms with van der Waals surface area (Å²) in [7, 11) is 0. The second-order valence-corrected chi connectivity index (χ2v) is 7.16. The minimum Gasteiger partial charge on any atom is -0.354 e. The Bertz CT molecular complexity index is 977. The summed E-state index contributed by atoms with van der Waals surface area (Å²) in [5.74, 6) is -0.0592. The van der Waals surface area contributed by atoms with Crippen LogP contribution in [0.5, 0.6) is 0 Å². The molecular formula is C23H23FN2O. The van der Waals surface area contributed by atoms with Crippen molar-refractivity contribution in [2.24, 2.45) is 0 Å². The summed E-state index contributed by atoms with van der Waals surface area (Å²) in [6, 6.07) is 14.6. The largest absolute Gasteiger partial charge is 0.354 e. The quantitative estimate of drug-likeness (QED) is 0.645. The molecule has 3 nitrogen and oxygen atoms in total. The Kier molecular flexibility index (Phi) is 4.80. The van der Waals surface area contributed by atoms with Crippen molar-refractivity contribution >= 4 is 16.8 Å². The van der Waals surface area contributed by atoms with E-state index in [9.17, 15) is 9.18 Å². The third-order valence-corrected chi connectivity index (χ3v) is 5.36. The number of aromatic amines is 1. The number of aryl methyl sites for hydroxylation is 1. The van der Waals surface area contributed by atoms with Gasteiger partial charge in [-0.25, -0.2) is 4.39 Å². The average Bonchev–Trinajstić information content (AvgIpc) is 3.06. The highest BCUT2D eigenvalue weighted by molar-refractivity contribution is 5.91. The first-order valence-corrected chi connectivity index (χ1v) is 9.42. The number of benzene rings is 2. The summed E-state index contributed by atoms with van der Waals surface area (Å²) in [4.78, 5) is 18.1. The second-order valence-electron chi connectivity index (χ2n) is 7.16. The Morgan fingerprint density at radius 1 is 1.07 bits per heavy atom. The van der Waals surface area contributed by atoms with Crippen LogP contribution in [0.3, 0.4) is 0 Å². The van der Waals surface area contributed by atoms with Gasteiger partial charge in [0.15, 0.2) is 0 Å². The summed E-state index contributed by atoms with van der Waals surface area (Å²) in [6.07, 6.45) is 2.94. The Morgan fingerprint density at radius 3 is 2.52 bits per heavy atom. The smallest absolute Gasteiger partial charge is 0.222 e. The Balaban J connectivity index is 1.60. The van der Waals surface area contributed by atoms with Gasteiger partial charge in [-0.05, 0) is 60.7 Å². The van der Waals surface area contributed by atoms with Gasteiger partial charge in [0.25, 0.3) is 0 Å². The number of amides is 1. The van der Waals surface area contributed by atoms with Gasteiger partial charge in [-0.3, -0.25) is 4.79 Å². The van der Waals surface area contributed by atoms with Crippen molar-refractivity contribution < 1.29 is 9.18 Å². The second kappa shape index (κ2) is 7.39. The Morgan fingerprint density at radius 2 is 1.78 bits per heavy atom. The Hall–Kier alpha value is -2.88. The molecule has 3 aromatic rings. The molecule has 1 aliphatic rings. The van der Waals surface area contributed by atoms with Gasteiger partial charge in [0.1, 0.15) is 5.82 Å². The third-order valence-electron chi connectivity index (χ3n) is 5.36. The number of nitrogens with zero attached hydrogens (tertiary/aromatic N) is 1. The lowest BCUT2D eigenvalue weighted by molar-refractivity contribution is -0.131. The zero-order valence-corrected chi connectivity index (χ0v) is 15.3. The summed E-state index contributed by atoms with van der Waals surface area (Å²) in [5, 5.41) is 1.12. The van der Waals surface area contributed by atoms with E-state index in [1.54, 1.807) is 12.1 Å². The highest BCUT2D eigenvalue weighted by Gasteiger charge is 2.20. The van der Waals surface area contributed by atoms with Crippen molar-refractivity contribution in [2.45, 2.75) is 25.7 Å². The number of rotatable bonds is 4. The number of para-hydroxylation sites is 1. The first kappa shape index (κ1) is 17.5. The van der Waals surface area contributed by atoms with Crippen LogP contribution in [-0.4, -0.2) is 28.9 Å². The van der Waals surface area contributed by atoms with Gasteiger partial charge in [-0.15, -0.1) is 0 Å². The molecule has 1 amide bonds. The van der Waals surface area contributed by atoms with Crippen LogP contribution in [0.25, 0.3) is 22.2 Å². The highest BCUT2D eigenvalue weighted by atomic mass is 19.1. The molecule has 4 rings (SSSR count). The minimum atomic E-state index is -0.252. The molecule has 0 unspecified atom stereocenters. The van der Waals surface area contributed by atoms with Gasteiger partial charge in [0.2, 0.25) is 5.91 Å². The zero-order valence-electron chi connectivity index (χ0n) is 15.3. The van der Waals surface area contributed by atoms with Crippen molar-refractivity contribution in [3.63, 3.8) is 0 Å². The van der Waals surface area contributed by atoms with Crippen LogP contribution in [0.15, 0.2) is 60.7 Å². The molecule has 0 spiro atoms. The van der Waals surface area contributed by atoms with E-state index in [-0.39, 0.29) is 11.7 Å². The molecule has 2 aromatic carbocycles. The Labute approximate surface area is 158 Å². The van der Waals surface area contributed by atoms with Crippen LogP contribution in [0, 0.1) is 5.82 Å². The summed E-state index contributed by atoms with van der Waals surface area (Å²) in [6.45, 7) is 5.56. The van der Waals surface area contributed by atoms with Crippen molar-refractivity contribution in [3.8, 4) is 11.3 Å². The normalized spacial score (nSPS) is 14.7. The monoisotopic (exact) mass is 362 g/mol. The van der Waals surface area contributed by atoms with Crippen LogP contribution in [0.1, 0.15) is 24.8 Å². The number of fused-ring (bicyclic) bond motifs is 1. The van der Waals surface area contributed by atoms with Gasteiger partial charge in [0, 0.05) is 36.1 Å². The minimum absolute atomic E-state index is 0.192. The van der Waals surface area contributed by atoms with Crippen LogP contribution < -0.4 is 0 Å². The number of halogens is 1. The SMILES string of the molecule is C=C1CCN(C(=O)CCc2c(-c3ccc(F)cc3)[nH]c3ccccc23)CC1. The van der Waals surface area contributed by atoms with E-state index in [4.69, 9.17) is 0 Å². The zero-order chi connectivity index (χ0) is 18.8. The van der Waals surface area contributed by atoms with E-state index < -0.39 is 0 Å². The molecule has 0 bridgehead atoms. The van der Waals surface area contributed by atoms with Gasteiger partial charge in [-0.1, -0.05) is 30.4 Å².